The molecule has 0 aliphatic heterocycles. The van der Waals surface area contributed by atoms with Gasteiger partial charge in [-0.05, 0) is 30.7 Å². The molecule has 0 fully saturated rings. The van der Waals surface area contributed by atoms with Crippen LogP contribution < -0.4 is 0 Å². The van der Waals surface area contributed by atoms with Crippen molar-refractivity contribution in [1.82, 2.24) is 4.81 Å². The Balaban J connectivity index is 2.60. The van der Waals surface area contributed by atoms with E-state index in [1.807, 2.05) is 13.8 Å². The number of alkyl halides is 3. The van der Waals surface area contributed by atoms with E-state index in [2.05, 4.69) is 0 Å². The lowest BCUT2D eigenvalue weighted by atomic mass is 10.1. The van der Waals surface area contributed by atoms with E-state index in [0.29, 0.717) is 18.7 Å². The maximum absolute atomic E-state index is 12.6. The van der Waals surface area contributed by atoms with Crippen LogP contribution in [0.15, 0.2) is 24.3 Å². The second-order valence-corrected chi connectivity index (χ2v) is 4.63. The maximum atomic E-state index is 12.6. The van der Waals surface area contributed by atoms with Gasteiger partial charge < -0.3 is 9.55 Å². The summed E-state index contributed by atoms with van der Waals surface area (Å²) in [7, 11) is 5.70. The van der Waals surface area contributed by atoms with E-state index in [1.165, 1.54) is 6.07 Å². The summed E-state index contributed by atoms with van der Waals surface area (Å²) in [5.41, 5.74) is -0.140. The highest BCUT2D eigenvalue weighted by Gasteiger charge is 2.30. The molecule has 0 saturated heterocycles. The van der Waals surface area contributed by atoms with Crippen molar-refractivity contribution in [2.24, 2.45) is 0 Å². The summed E-state index contributed by atoms with van der Waals surface area (Å²) >= 11 is 0. The topological polar surface area (TPSA) is 12.5 Å². The molecular weight excluding hydrogens is 266 g/mol. The molecule has 0 aliphatic rings. The minimum atomic E-state index is -4.32. The van der Waals surface area contributed by atoms with Gasteiger partial charge in [-0.25, -0.2) is 0 Å². The fourth-order valence-electron chi connectivity index (χ4n) is 1.74. The van der Waals surface area contributed by atoms with Crippen LogP contribution in [0.4, 0.5) is 13.2 Å². The zero-order valence-corrected chi connectivity index (χ0v) is 11.8. The minimum absolute atomic E-state index is 0.0884. The lowest BCUT2D eigenvalue weighted by molar-refractivity contribution is -0.137. The third-order valence-corrected chi connectivity index (χ3v) is 3.04. The van der Waals surface area contributed by atoms with Crippen molar-refractivity contribution >= 4 is 7.98 Å². The van der Waals surface area contributed by atoms with Crippen LogP contribution in [0.5, 0.6) is 0 Å². The van der Waals surface area contributed by atoms with Gasteiger partial charge in [-0.15, -0.1) is 0 Å². The lowest BCUT2D eigenvalue weighted by Gasteiger charge is -2.23. The van der Waals surface area contributed by atoms with Crippen molar-refractivity contribution in [3.8, 4) is 0 Å². The molecule has 0 spiro atoms. The fourth-order valence-corrected chi connectivity index (χ4v) is 1.74. The van der Waals surface area contributed by atoms with Gasteiger partial charge in [0.05, 0.1) is 18.3 Å². The van der Waals surface area contributed by atoms with Crippen molar-refractivity contribution in [1.29, 1.82) is 0 Å². The molecule has 0 bridgehead atoms. The zero-order chi connectivity index (χ0) is 15.2. The van der Waals surface area contributed by atoms with Gasteiger partial charge in [-0.1, -0.05) is 26.0 Å². The monoisotopic (exact) mass is 285 g/mol. The van der Waals surface area contributed by atoms with Gasteiger partial charge >= 0.3 is 6.18 Å². The van der Waals surface area contributed by atoms with Gasteiger partial charge in [-0.2, -0.15) is 13.2 Å². The second-order valence-electron chi connectivity index (χ2n) is 4.63. The lowest BCUT2D eigenvalue weighted by Crippen LogP contribution is -2.31. The first-order valence-electron chi connectivity index (χ1n) is 6.64. The van der Waals surface area contributed by atoms with Gasteiger partial charge in [-0.3, -0.25) is 0 Å². The second kappa shape index (κ2) is 7.69. The van der Waals surface area contributed by atoms with Crippen molar-refractivity contribution in [2.75, 3.05) is 13.1 Å². The van der Waals surface area contributed by atoms with Gasteiger partial charge in [0.2, 0.25) is 0 Å². The molecule has 0 aliphatic carbocycles. The molecule has 20 heavy (non-hydrogen) atoms. The molecule has 110 valence electrons. The zero-order valence-electron chi connectivity index (χ0n) is 11.8. The van der Waals surface area contributed by atoms with E-state index in [1.54, 1.807) is 10.9 Å². The quantitative estimate of drug-likeness (QED) is 0.712. The number of likely N-dealkylation sites (N-methyl/N-ethyl adjacent to an activating group) is 1. The molecule has 2 nitrogen and oxygen atoms in total. The molecular formula is C14H19BF3NO. The predicted octanol–water partition coefficient (Wildman–Crippen LogP) is 3.41. The Bertz CT molecular complexity index is 412. The Labute approximate surface area is 119 Å². The molecule has 1 rings (SSSR count). The molecule has 1 aromatic rings. The summed E-state index contributed by atoms with van der Waals surface area (Å²) in [5, 5.41) is 0. The van der Waals surface area contributed by atoms with E-state index >= 15 is 0 Å². The van der Waals surface area contributed by atoms with Crippen LogP contribution in [0.25, 0.3) is 0 Å². The van der Waals surface area contributed by atoms with Gasteiger partial charge in [0, 0.05) is 6.54 Å². The molecule has 0 amide bonds. The number of halogens is 3. The first-order chi connectivity index (χ1) is 9.36. The SMILES string of the molecule is [B]N(CC)CC(CC)OCc1cccc(C(F)(F)F)c1. The summed E-state index contributed by atoms with van der Waals surface area (Å²) in [5.74, 6) is 0. The van der Waals surface area contributed by atoms with Crippen LogP contribution in [-0.2, 0) is 17.5 Å². The highest BCUT2D eigenvalue weighted by molar-refractivity contribution is 6.04. The van der Waals surface area contributed by atoms with Crippen LogP contribution in [0, 0.1) is 0 Å². The average Bonchev–Trinajstić information content (AvgIpc) is 2.42. The van der Waals surface area contributed by atoms with Crippen molar-refractivity contribution in [3.05, 3.63) is 35.4 Å². The molecule has 2 radical (unpaired) electrons. The summed E-state index contributed by atoms with van der Waals surface area (Å²) in [4.78, 5) is 1.63. The first kappa shape index (κ1) is 17.0. The maximum Gasteiger partial charge on any atom is 0.416 e. The Morgan fingerprint density at radius 1 is 1.30 bits per heavy atom. The van der Waals surface area contributed by atoms with Gasteiger partial charge in [0.1, 0.15) is 0 Å². The number of benzene rings is 1. The number of hydrogen-bond acceptors (Lipinski definition) is 2. The molecule has 0 saturated carbocycles. The molecule has 0 N–H and O–H groups in total. The number of nitrogens with zero attached hydrogens (tertiary/aromatic N) is 1. The Morgan fingerprint density at radius 3 is 2.55 bits per heavy atom. The molecule has 0 heterocycles. The smallest absolute Gasteiger partial charge is 0.372 e. The third kappa shape index (κ3) is 5.55. The van der Waals surface area contributed by atoms with E-state index < -0.39 is 11.7 Å². The van der Waals surface area contributed by atoms with Crippen LogP contribution in [0.3, 0.4) is 0 Å². The molecule has 1 unspecified atom stereocenters. The number of ether oxygens (including phenoxy) is 1. The summed E-state index contributed by atoms with van der Waals surface area (Å²) in [6.07, 6.45) is -3.65. The molecule has 6 heteroatoms. The van der Waals surface area contributed by atoms with E-state index in [-0.39, 0.29) is 12.7 Å². The van der Waals surface area contributed by atoms with Crippen LogP contribution in [0.2, 0.25) is 0 Å². The highest BCUT2D eigenvalue weighted by atomic mass is 19.4. The minimum Gasteiger partial charge on any atom is -0.372 e. The van der Waals surface area contributed by atoms with Gasteiger partial charge in [0.25, 0.3) is 0 Å². The first-order valence-corrected chi connectivity index (χ1v) is 6.64. The van der Waals surface area contributed by atoms with Crippen molar-refractivity contribution in [3.63, 3.8) is 0 Å². The number of rotatable bonds is 7. The van der Waals surface area contributed by atoms with Crippen LogP contribution in [0.1, 0.15) is 31.4 Å². The summed E-state index contributed by atoms with van der Waals surface area (Å²) < 4.78 is 43.4. The number of hydrogen-bond donors (Lipinski definition) is 0. The van der Waals surface area contributed by atoms with E-state index in [4.69, 9.17) is 12.7 Å². The third-order valence-electron chi connectivity index (χ3n) is 3.04. The van der Waals surface area contributed by atoms with E-state index in [0.717, 1.165) is 18.6 Å². The van der Waals surface area contributed by atoms with Crippen molar-refractivity contribution < 1.29 is 17.9 Å². The van der Waals surface area contributed by atoms with Crippen LogP contribution >= 0.6 is 0 Å². The molecule has 0 aromatic heterocycles. The predicted molar refractivity (Wildman–Crippen MR) is 73.3 cm³/mol. The van der Waals surface area contributed by atoms with E-state index in [9.17, 15) is 13.2 Å². The highest BCUT2D eigenvalue weighted by Crippen LogP contribution is 2.29. The standard InChI is InChI=1S/C14H19BF3NO/c1-3-13(9-19(15)4-2)20-10-11-6-5-7-12(8-11)14(16,17)18/h5-8,13H,3-4,9-10H2,1-2H3. The normalized spacial score (nSPS) is 13.7. The Kier molecular flexibility index (Phi) is 6.56. The molecule has 1 aromatic carbocycles. The molecule has 1 atom stereocenters. The fraction of sp³-hybridized carbons (Fsp3) is 0.571. The average molecular weight is 285 g/mol. The largest absolute Gasteiger partial charge is 0.416 e. The van der Waals surface area contributed by atoms with Gasteiger partial charge in [0.15, 0.2) is 7.98 Å². The Morgan fingerprint density at radius 2 is 2.00 bits per heavy atom. The Hall–Kier alpha value is -1.01. The summed E-state index contributed by atoms with van der Waals surface area (Å²) in [6.45, 7) is 5.30. The van der Waals surface area contributed by atoms with Crippen molar-refractivity contribution in [2.45, 2.75) is 39.2 Å². The summed E-state index contributed by atoms with van der Waals surface area (Å²) in [6, 6.07) is 5.19. The van der Waals surface area contributed by atoms with Crippen LogP contribution in [-0.4, -0.2) is 32.0 Å².